The molecule has 1 fully saturated rings. The second kappa shape index (κ2) is 7.80. The molecule has 0 bridgehead atoms. The van der Waals surface area contributed by atoms with Gasteiger partial charge in [-0.1, -0.05) is 34.1 Å². The smallest absolute Gasteiger partial charge is 0.240 e. The molecule has 6 nitrogen and oxygen atoms in total. The van der Waals surface area contributed by atoms with Crippen molar-refractivity contribution < 1.29 is 14.6 Å². The average Bonchev–Trinajstić information content (AvgIpc) is 3.42. The molecule has 3 aromatic rings. The number of aryl methyl sites for hydroxylation is 1. The first-order chi connectivity index (χ1) is 14.6. The number of nitrogens with zero attached hydrogens (tertiary/aromatic N) is 3. The summed E-state index contributed by atoms with van der Waals surface area (Å²) in [4.78, 5) is 20.4. The van der Waals surface area contributed by atoms with Crippen LogP contribution in [-0.4, -0.2) is 40.4 Å². The van der Waals surface area contributed by atoms with Crippen molar-refractivity contribution in [1.82, 2.24) is 9.55 Å². The highest BCUT2D eigenvalue weighted by molar-refractivity contribution is 9.10. The maximum atomic E-state index is 13.6. The highest BCUT2D eigenvalue weighted by Gasteiger charge is 2.53. The molecule has 2 aromatic carbocycles. The van der Waals surface area contributed by atoms with Gasteiger partial charge in [-0.15, -0.1) is 0 Å². The summed E-state index contributed by atoms with van der Waals surface area (Å²) in [5, 5.41) is 9.21. The van der Waals surface area contributed by atoms with E-state index in [0.29, 0.717) is 19.8 Å². The number of hydrogen-bond acceptors (Lipinski definition) is 4. The first-order valence-electron chi connectivity index (χ1n) is 10.4. The maximum Gasteiger partial charge on any atom is 0.240 e. The Kier molecular flexibility index (Phi) is 5.13. The Morgan fingerprint density at radius 2 is 2.07 bits per heavy atom. The summed E-state index contributed by atoms with van der Waals surface area (Å²) < 4.78 is 8.82. The van der Waals surface area contributed by atoms with E-state index in [4.69, 9.17) is 9.72 Å². The van der Waals surface area contributed by atoms with Crippen LogP contribution in [0.1, 0.15) is 30.7 Å². The van der Waals surface area contributed by atoms with Crippen LogP contribution in [0.5, 0.6) is 0 Å². The van der Waals surface area contributed by atoms with Gasteiger partial charge in [0.1, 0.15) is 11.2 Å². The molecule has 1 amide bonds. The minimum absolute atomic E-state index is 0.108. The summed E-state index contributed by atoms with van der Waals surface area (Å²) in [5.41, 5.74) is 3.42. The van der Waals surface area contributed by atoms with E-state index in [1.165, 1.54) is 0 Å². The lowest BCUT2D eigenvalue weighted by atomic mass is 9.81. The summed E-state index contributed by atoms with van der Waals surface area (Å²) >= 11 is 3.53. The maximum absolute atomic E-state index is 13.6. The van der Waals surface area contributed by atoms with Crippen LogP contribution in [-0.2, 0) is 28.0 Å². The Balaban J connectivity index is 1.55. The summed E-state index contributed by atoms with van der Waals surface area (Å²) in [6.07, 6.45) is 2.31. The summed E-state index contributed by atoms with van der Waals surface area (Å²) in [7, 11) is 0. The van der Waals surface area contributed by atoms with Crippen LogP contribution in [0, 0.1) is 0 Å². The molecular weight excluding hydrogens is 446 g/mol. The van der Waals surface area contributed by atoms with Gasteiger partial charge in [-0.05, 0) is 49.1 Å². The van der Waals surface area contributed by atoms with Gasteiger partial charge in [0.15, 0.2) is 0 Å². The predicted octanol–water partition coefficient (Wildman–Crippen LogP) is 3.78. The van der Waals surface area contributed by atoms with E-state index in [9.17, 15) is 9.90 Å². The number of rotatable bonds is 6. The van der Waals surface area contributed by atoms with Crippen molar-refractivity contribution in [2.75, 3.05) is 24.7 Å². The van der Waals surface area contributed by atoms with Gasteiger partial charge in [0, 0.05) is 29.9 Å². The van der Waals surface area contributed by atoms with Gasteiger partial charge in [-0.25, -0.2) is 4.98 Å². The van der Waals surface area contributed by atoms with E-state index < -0.39 is 5.41 Å². The molecule has 1 atom stereocenters. The minimum atomic E-state index is -0.562. The second-order valence-corrected chi connectivity index (χ2v) is 8.95. The predicted molar refractivity (Wildman–Crippen MR) is 118 cm³/mol. The molecule has 0 radical (unpaired) electrons. The van der Waals surface area contributed by atoms with E-state index >= 15 is 0 Å². The number of halogens is 1. The van der Waals surface area contributed by atoms with E-state index in [1.807, 2.05) is 35.2 Å². The fourth-order valence-corrected chi connectivity index (χ4v) is 5.09. The Bertz CT molecular complexity index is 1100. The normalized spacial score (nSPS) is 20.6. The quantitative estimate of drug-likeness (QED) is 0.557. The van der Waals surface area contributed by atoms with Gasteiger partial charge in [-0.2, -0.15) is 0 Å². The molecule has 0 saturated carbocycles. The average molecular weight is 470 g/mol. The molecular formula is C23H24BrN3O3. The standard InChI is InChI=1S/C23H24BrN3O3/c24-16-7-8-20-18(13-16)25-21(26(20)10-3-4-11-28)14-27-19-6-2-1-5-17(19)23(22(27)29)9-12-30-15-23/h1-2,5-8,13,28H,3-4,9-12,14-15H2. The molecule has 0 aliphatic carbocycles. The molecule has 2 aliphatic heterocycles. The number of amides is 1. The number of carbonyl (C=O) groups is 1. The number of aromatic nitrogens is 2. The monoisotopic (exact) mass is 469 g/mol. The number of aliphatic hydroxyl groups excluding tert-OH is 1. The van der Waals surface area contributed by atoms with Crippen molar-refractivity contribution in [3.05, 3.63) is 58.3 Å². The molecule has 1 aromatic heterocycles. The molecule has 3 heterocycles. The minimum Gasteiger partial charge on any atom is -0.396 e. The van der Waals surface area contributed by atoms with Crippen LogP contribution in [0.4, 0.5) is 5.69 Å². The van der Waals surface area contributed by atoms with Gasteiger partial charge in [0.05, 0.1) is 24.2 Å². The number of benzene rings is 2. The largest absolute Gasteiger partial charge is 0.396 e. The molecule has 2 aliphatic rings. The van der Waals surface area contributed by atoms with Gasteiger partial charge >= 0.3 is 0 Å². The molecule has 1 spiro atoms. The van der Waals surface area contributed by atoms with Crippen molar-refractivity contribution in [1.29, 1.82) is 0 Å². The number of unbranched alkanes of at least 4 members (excludes halogenated alkanes) is 1. The molecule has 7 heteroatoms. The number of anilines is 1. The molecule has 5 rings (SSSR count). The van der Waals surface area contributed by atoms with Crippen LogP contribution in [0.2, 0.25) is 0 Å². The SMILES string of the molecule is O=C1N(Cc2nc3cc(Br)ccc3n2CCCCO)c2ccccc2C12CCOC2. The number of fused-ring (bicyclic) bond motifs is 3. The van der Waals surface area contributed by atoms with Crippen molar-refractivity contribution in [2.24, 2.45) is 0 Å². The van der Waals surface area contributed by atoms with Crippen LogP contribution >= 0.6 is 15.9 Å². The van der Waals surface area contributed by atoms with Crippen LogP contribution in [0.15, 0.2) is 46.9 Å². The lowest BCUT2D eigenvalue weighted by Crippen LogP contribution is -2.40. The lowest BCUT2D eigenvalue weighted by Gasteiger charge is -2.22. The van der Waals surface area contributed by atoms with Gasteiger partial charge < -0.3 is 19.3 Å². The second-order valence-electron chi connectivity index (χ2n) is 8.04. The van der Waals surface area contributed by atoms with Crippen LogP contribution in [0.3, 0.4) is 0 Å². The molecule has 1 unspecified atom stereocenters. The molecule has 1 N–H and O–H groups in total. The van der Waals surface area contributed by atoms with E-state index in [1.54, 1.807) is 0 Å². The third-order valence-electron chi connectivity index (χ3n) is 6.27. The van der Waals surface area contributed by atoms with Gasteiger partial charge in [-0.3, -0.25) is 4.79 Å². The fourth-order valence-electron chi connectivity index (χ4n) is 4.75. The Labute approximate surface area is 183 Å². The van der Waals surface area contributed by atoms with Gasteiger partial charge in [0.2, 0.25) is 5.91 Å². The van der Waals surface area contributed by atoms with Crippen LogP contribution < -0.4 is 4.90 Å². The Hall–Kier alpha value is -2.22. The summed E-state index contributed by atoms with van der Waals surface area (Å²) in [6, 6.07) is 14.1. The number of para-hydroxylation sites is 1. The first kappa shape index (κ1) is 19.7. The van der Waals surface area contributed by atoms with Gasteiger partial charge in [0.25, 0.3) is 0 Å². The fraction of sp³-hybridized carbons (Fsp3) is 0.391. The number of carbonyl (C=O) groups excluding carboxylic acids is 1. The van der Waals surface area contributed by atoms with E-state index in [2.05, 4.69) is 32.6 Å². The molecule has 30 heavy (non-hydrogen) atoms. The topological polar surface area (TPSA) is 67.6 Å². The molecule has 1 saturated heterocycles. The van der Waals surface area contributed by atoms with E-state index in [0.717, 1.165) is 58.4 Å². The first-order valence-corrected chi connectivity index (χ1v) is 11.2. The summed E-state index contributed by atoms with van der Waals surface area (Å²) in [6.45, 7) is 2.41. The van der Waals surface area contributed by atoms with Crippen molar-refractivity contribution >= 4 is 38.6 Å². The zero-order valence-electron chi connectivity index (χ0n) is 16.7. The number of aliphatic hydroxyl groups is 1. The summed E-state index contributed by atoms with van der Waals surface area (Å²) in [5.74, 6) is 0.969. The number of ether oxygens (including phenoxy) is 1. The lowest BCUT2D eigenvalue weighted by molar-refractivity contribution is -0.123. The number of hydrogen-bond donors (Lipinski definition) is 1. The highest BCUT2D eigenvalue weighted by atomic mass is 79.9. The van der Waals surface area contributed by atoms with Crippen molar-refractivity contribution in [3.8, 4) is 0 Å². The third kappa shape index (κ3) is 3.07. The van der Waals surface area contributed by atoms with Crippen molar-refractivity contribution in [3.63, 3.8) is 0 Å². The zero-order valence-corrected chi connectivity index (χ0v) is 18.3. The Morgan fingerprint density at radius 3 is 2.87 bits per heavy atom. The third-order valence-corrected chi connectivity index (χ3v) is 6.76. The van der Waals surface area contributed by atoms with E-state index in [-0.39, 0.29) is 12.5 Å². The molecule has 156 valence electrons. The zero-order chi connectivity index (χ0) is 20.7. The van der Waals surface area contributed by atoms with Crippen molar-refractivity contribution in [2.45, 2.75) is 37.8 Å². The van der Waals surface area contributed by atoms with Crippen LogP contribution in [0.25, 0.3) is 11.0 Å². The number of imidazole rings is 1. The highest BCUT2D eigenvalue weighted by Crippen LogP contribution is 2.47. The Morgan fingerprint density at radius 1 is 1.20 bits per heavy atom.